The number of nitrogens with one attached hydrogen (secondary N) is 1. The normalized spacial score (nSPS) is 15.2. The van der Waals surface area contributed by atoms with E-state index in [2.05, 4.69) is 5.32 Å². The first kappa shape index (κ1) is 20.0. The van der Waals surface area contributed by atoms with Crippen molar-refractivity contribution in [1.82, 2.24) is 5.32 Å². The van der Waals surface area contributed by atoms with Gasteiger partial charge in [-0.2, -0.15) is 0 Å². The Kier molecular flexibility index (Phi) is 6.07. The summed E-state index contributed by atoms with van der Waals surface area (Å²) in [5.74, 6) is -1.72. The van der Waals surface area contributed by atoms with Crippen molar-refractivity contribution in [2.45, 2.75) is 44.6 Å². The molecular formula is C22H23F2NO3. The molecule has 0 unspecified atom stereocenters. The Morgan fingerprint density at radius 2 is 1.86 bits per heavy atom. The standard InChI is InChI=1S/C22H23F2NO3/c1-15-7-8-16(11-19(15)24)13-25-20(26)14-28-21(27)22(9-2-3-10-22)17-5-4-6-18(23)12-17/h4-8,11-12H,2-3,9-10,13-14H2,1H3,(H,25,26). The number of hydrogen-bond acceptors (Lipinski definition) is 3. The van der Waals surface area contributed by atoms with Gasteiger partial charge in [-0.3, -0.25) is 9.59 Å². The molecule has 4 nitrogen and oxygen atoms in total. The summed E-state index contributed by atoms with van der Waals surface area (Å²) in [4.78, 5) is 24.8. The molecule has 0 atom stereocenters. The maximum Gasteiger partial charge on any atom is 0.317 e. The predicted molar refractivity (Wildman–Crippen MR) is 100 cm³/mol. The molecule has 1 N–H and O–H groups in total. The number of hydrogen-bond donors (Lipinski definition) is 1. The number of carbonyl (C=O) groups excluding carboxylic acids is 2. The monoisotopic (exact) mass is 387 g/mol. The van der Waals surface area contributed by atoms with Gasteiger partial charge in [0.15, 0.2) is 6.61 Å². The van der Waals surface area contributed by atoms with E-state index in [9.17, 15) is 18.4 Å². The largest absolute Gasteiger partial charge is 0.455 e. The van der Waals surface area contributed by atoms with Crippen LogP contribution in [0, 0.1) is 18.6 Å². The molecule has 0 saturated heterocycles. The fourth-order valence-corrected chi connectivity index (χ4v) is 3.64. The van der Waals surface area contributed by atoms with Gasteiger partial charge in [0.1, 0.15) is 11.6 Å². The zero-order chi connectivity index (χ0) is 20.1. The SMILES string of the molecule is Cc1ccc(CNC(=O)COC(=O)C2(c3cccc(F)c3)CCCC2)cc1F. The number of aryl methyl sites for hydroxylation is 1. The second kappa shape index (κ2) is 8.50. The van der Waals surface area contributed by atoms with Crippen molar-refractivity contribution in [2.75, 3.05) is 6.61 Å². The van der Waals surface area contributed by atoms with Crippen molar-refractivity contribution in [3.8, 4) is 0 Å². The zero-order valence-electron chi connectivity index (χ0n) is 15.8. The number of halogens is 2. The molecule has 3 rings (SSSR count). The van der Waals surface area contributed by atoms with Gasteiger partial charge in [0.2, 0.25) is 0 Å². The average Bonchev–Trinajstić information content (AvgIpc) is 3.18. The molecule has 1 aliphatic carbocycles. The van der Waals surface area contributed by atoms with E-state index in [1.807, 2.05) is 0 Å². The highest BCUT2D eigenvalue weighted by molar-refractivity contribution is 5.86. The van der Waals surface area contributed by atoms with Gasteiger partial charge in [0.25, 0.3) is 5.91 Å². The Labute approximate surface area is 162 Å². The summed E-state index contributed by atoms with van der Waals surface area (Å²) in [6, 6.07) is 10.7. The molecule has 0 spiro atoms. The summed E-state index contributed by atoms with van der Waals surface area (Å²) in [6.07, 6.45) is 2.83. The third kappa shape index (κ3) is 4.38. The van der Waals surface area contributed by atoms with E-state index < -0.39 is 29.7 Å². The highest BCUT2D eigenvalue weighted by Crippen LogP contribution is 2.42. The van der Waals surface area contributed by atoms with Crippen molar-refractivity contribution in [1.29, 1.82) is 0 Å². The van der Waals surface area contributed by atoms with Crippen LogP contribution in [0.4, 0.5) is 8.78 Å². The van der Waals surface area contributed by atoms with Gasteiger partial charge in [0.05, 0.1) is 5.41 Å². The highest BCUT2D eigenvalue weighted by Gasteiger charge is 2.44. The van der Waals surface area contributed by atoms with E-state index in [0.29, 0.717) is 29.5 Å². The maximum absolute atomic E-state index is 13.6. The van der Waals surface area contributed by atoms with E-state index in [0.717, 1.165) is 12.8 Å². The van der Waals surface area contributed by atoms with Crippen LogP contribution in [-0.4, -0.2) is 18.5 Å². The van der Waals surface area contributed by atoms with E-state index >= 15 is 0 Å². The topological polar surface area (TPSA) is 55.4 Å². The number of carbonyl (C=O) groups is 2. The molecule has 1 fully saturated rings. The van der Waals surface area contributed by atoms with Crippen LogP contribution >= 0.6 is 0 Å². The fourth-order valence-electron chi connectivity index (χ4n) is 3.64. The van der Waals surface area contributed by atoms with Crippen molar-refractivity contribution in [2.24, 2.45) is 0 Å². The summed E-state index contributed by atoms with van der Waals surface area (Å²) in [7, 11) is 0. The van der Waals surface area contributed by atoms with Crippen LogP contribution < -0.4 is 5.32 Å². The summed E-state index contributed by atoms with van der Waals surface area (Å²) >= 11 is 0. The molecule has 0 aliphatic heterocycles. The molecule has 28 heavy (non-hydrogen) atoms. The lowest BCUT2D eigenvalue weighted by molar-refractivity contribution is -0.154. The lowest BCUT2D eigenvalue weighted by Crippen LogP contribution is -2.37. The minimum atomic E-state index is -0.900. The van der Waals surface area contributed by atoms with Gasteiger partial charge >= 0.3 is 5.97 Å². The Balaban J connectivity index is 1.58. The average molecular weight is 387 g/mol. The van der Waals surface area contributed by atoms with Crippen LogP contribution in [0.15, 0.2) is 42.5 Å². The van der Waals surface area contributed by atoms with Crippen molar-refractivity contribution < 1.29 is 23.1 Å². The van der Waals surface area contributed by atoms with Crippen molar-refractivity contribution in [3.05, 3.63) is 70.8 Å². The molecule has 1 saturated carbocycles. The minimum Gasteiger partial charge on any atom is -0.455 e. The number of benzene rings is 2. The summed E-state index contributed by atoms with van der Waals surface area (Å²) < 4.78 is 32.5. The first-order valence-corrected chi connectivity index (χ1v) is 9.36. The van der Waals surface area contributed by atoms with E-state index in [-0.39, 0.29) is 12.4 Å². The second-order valence-corrected chi connectivity index (χ2v) is 7.24. The molecule has 2 aromatic carbocycles. The van der Waals surface area contributed by atoms with Gasteiger partial charge in [-0.1, -0.05) is 37.1 Å². The van der Waals surface area contributed by atoms with Gasteiger partial charge in [0, 0.05) is 6.54 Å². The van der Waals surface area contributed by atoms with Crippen LogP contribution in [0.1, 0.15) is 42.4 Å². The first-order chi connectivity index (χ1) is 13.4. The number of esters is 1. The Morgan fingerprint density at radius 1 is 1.11 bits per heavy atom. The Morgan fingerprint density at radius 3 is 2.54 bits per heavy atom. The van der Waals surface area contributed by atoms with Crippen LogP contribution in [0.25, 0.3) is 0 Å². The molecule has 0 radical (unpaired) electrons. The second-order valence-electron chi connectivity index (χ2n) is 7.24. The lowest BCUT2D eigenvalue weighted by Gasteiger charge is -2.27. The van der Waals surface area contributed by atoms with Gasteiger partial charge < -0.3 is 10.1 Å². The zero-order valence-corrected chi connectivity index (χ0v) is 15.8. The Hall–Kier alpha value is -2.76. The molecule has 1 aliphatic rings. The predicted octanol–water partition coefficient (Wildman–Crippen LogP) is 3.94. The third-order valence-corrected chi connectivity index (χ3v) is 5.29. The number of ether oxygens (including phenoxy) is 1. The highest BCUT2D eigenvalue weighted by atomic mass is 19.1. The van der Waals surface area contributed by atoms with Crippen LogP contribution in [0.3, 0.4) is 0 Å². The van der Waals surface area contributed by atoms with Crippen LogP contribution in [-0.2, 0) is 26.3 Å². The molecule has 1 amide bonds. The third-order valence-electron chi connectivity index (χ3n) is 5.29. The van der Waals surface area contributed by atoms with Crippen molar-refractivity contribution in [3.63, 3.8) is 0 Å². The number of rotatable bonds is 6. The lowest BCUT2D eigenvalue weighted by atomic mass is 9.79. The molecule has 0 aromatic heterocycles. The molecule has 2 aromatic rings. The summed E-state index contributed by atoms with van der Waals surface area (Å²) in [5.41, 5.74) is 0.839. The van der Waals surface area contributed by atoms with Gasteiger partial charge in [-0.25, -0.2) is 8.78 Å². The summed E-state index contributed by atoms with van der Waals surface area (Å²) in [5, 5.41) is 2.61. The van der Waals surface area contributed by atoms with E-state index in [1.54, 1.807) is 31.2 Å². The Bertz CT molecular complexity index is 876. The van der Waals surface area contributed by atoms with Crippen LogP contribution in [0.5, 0.6) is 0 Å². The van der Waals surface area contributed by atoms with Gasteiger partial charge in [-0.05, 0) is 54.7 Å². The van der Waals surface area contributed by atoms with Crippen molar-refractivity contribution >= 4 is 11.9 Å². The van der Waals surface area contributed by atoms with Gasteiger partial charge in [-0.15, -0.1) is 0 Å². The first-order valence-electron chi connectivity index (χ1n) is 9.36. The maximum atomic E-state index is 13.6. The molecule has 0 bridgehead atoms. The molecular weight excluding hydrogens is 364 g/mol. The molecule has 148 valence electrons. The molecule has 6 heteroatoms. The summed E-state index contributed by atoms with van der Waals surface area (Å²) in [6.45, 7) is 1.38. The smallest absolute Gasteiger partial charge is 0.317 e. The molecule has 0 heterocycles. The quantitative estimate of drug-likeness (QED) is 0.764. The number of amides is 1. The van der Waals surface area contributed by atoms with E-state index in [1.165, 1.54) is 18.2 Å². The van der Waals surface area contributed by atoms with Crippen LogP contribution in [0.2, 0.25) is 0 Å². The minimum absolute atomic E-state index is 0.141. The van der Waals surface area contributed by atoms with E-state index in [4.69, 9.17) is 4.74 Å². The fraction of sp³-hybridized carbons (Fsp3) is 0.364.